The molecule has 5 nitrogen and oxygen atoms in total. The van der Waals surface area contributed by atoms with E-state index in [1.807, 2.05) is 6.92 Å². The predicted molar refractivity (Wildman–Crippen MR) is 48.5 cm³/mol. The molecular formula is C9H15NO4. The van der Waals surface area contributed by atoms with Crippen LogP contribution in [0.1, 0.15) is 13.3 Å². The molecule has 1 aliphatic heterocycles. The number of rotatable bonds is 2. The van der Waals surface area contributed by atoms with Crippen molar-refractivity contribution >= 4 is 11.9 Å². The number of methoxy groups -OCH3 is 1. The highest BCUT2D eigenvalue weighted by Gasteiger charge is 2.25. The topological polar surface area (TPSA) is 64.6 Å². The maximum atomic E-state index is 11.0. The molecule has 0 aromatic rings. The SMILES string of the molecule is COC(=O)C(=O)NCC1CCOC1C. The number of amides is 1. The Morgan fingerprint density at radius 2 is 2.29 bits per heavy atom. The molecule has 2 unspecified atom stereocenters. The van der Waals surface area contributed by atoms with Gasteiger partial charge in [0, 0.05) is 19.1 Å². The van der Waals surface area contributed by atoms with Crippen molar-refractivity contribution in [2.45, 2.75) is 19.4 Å². The number of ether oxygens (including phenoxy) is 2. The Morgan fingerprint density at radius 3 is 2.79 bits per heavy atom. The standard InChI is InChI=1S/C9H15NO4/c1-6-7(3-4-14-6)5-10-8(11)9(12)13-2/h6-7H,3-5H2,1-2H3,(H,10,11). The lowest BCUT2D eigenvalue weighted by Crippen LogP contribution is -2.36. The second-order valence-electron chi connectivity index (χ2n) is 3.33. The number of carbonyl (C=O) groups excluding carboxylic acids is 2. The summed E-state index contributed by atoms with van der Waals surface area (Å²) in [6.07, 6.45) is 1.07. The van der Waals surface area contributed by atoms with E-state index < -0.39 is 11.9 Å². The summed E-state index contributed by atoms with van der Waals surface area (Å²) in [6.45, 7) is 3.15. The zero-order valence-electron chi connectivity index (χ0n) is 8.41. The van der Waals surface area contributed by atoms with Gasteiger partial charge in [0.05, 0.1) is 13.2 Å². The van der Waals surface area contributed by atoms with Crippen molar-refractivity contribution in [3.8, 4) is 0 Å². The van der Waals surface area contributed by atoms with Gasteiger partial charge in [0.25, 0.3) is 0 Å². The molecule has 1 heterocycles. The predicted octanol–water partition coefficient (Wildman–Crippen LogP) is -0.299. The Labute approximate surface area is 82.8 Å². The van der Waals surface area contributed by atoms with Crippen molar-refractivity contribution < 1.29 is 19.1 Å². The molecule has 0 saturated carbocycles. The van der Waals surface area contributed by atoms with Gasteiger partial charge in [-0.3, -0.25) is 4.79 Å². The molecule has 1 rings (SSSR count). The molecule has 80 valence electrons. The average Bonchev–Trinajstić information content (AvgIpc) is 2.59. The van der Waals surface area contributed by atoms with Crippen molar-refractivity contribution in [3.05, 3.63) is 0 Å². The Hall–Kier alpha value is -1.10. The van der Waals surface area contributed by atoms with Gasteiger partial charge < -0.3 is 14.8 Å². The van der Waals surface area contributed by atoms with Crippen LogP contribution in [0.2, 0.25) is 0 Å². The van der Waals surface area contributed by atoms with E-state index in [1.54, 1.807) is 0 Å². The quantitative estimate of drug-likeness (QED) is 0.492. The minimum Gasteiger partial charge on any atom is -0.462 e. The number of hydrogen-bond acceptors (Lipinski definition) is 4. The molecule has 1 N–H and O–H groups in total. The van der Waals surface area contributed by atoms with Crippen molar-refractivity contribution in [3.63, 3.8) is 0 Å². The Balaban J connectivity index is 2.26. The summed E-state index contributed by atoms with van der Waals surface area (Å²) in [5.41, 5.74) is 0. The van der Waals surface area contributed by atoms with E-state index in [0.29, 0.717) is 12.5 Å². The van der Waals surface area contributed by atoms with Crippen LogP contribution >= 0.6 is 0 Å². The van der Waals surface area contributed by atoms with Crippen LogP contribution in [-0.4, -0.2) is 38.2 Å². The normalized spacial score (nSPS) is 25.9. The highest BCUT2D eigenvalue weighted by atomic mass is 16.5. The van der Waals surface area contributed by atoms with Crippen LogP contribution in [0, 0.1) is 5.92 Å². The third kappa shape index (κ3) is 2.70. The fraction of sp³-hybridized carbons (Fsp3) is 0.778. The van der Waals surface area contributed by atoms with Crippen LogP contribution in [0.5, 0.6) is 0 Å². The van der Waals surface area contributed by atoms with E-state index in [1.165, 1.54) is 7.11 Å². The summed E-state index contributed by atoms with van der Waals surface area (Å²) in [6, 6.07) is 0. The minimum atomic E-state index is -0.850. The van der Waals surface area contributed by atoms with Gasteiger partial charge in [0.2, 0.25) is 0 Å². The lowest BCUT2D eigenvalue weighted by molar-refractivity contribution is -0.152. The van der Waals surface area contributed by atoms with Gasteiger partial charge in [-0.05, 0) is 13.3 Å². The summed E-state index contributed by atoms with van der Waals surface area (Å²) in [5, 5.41) is 2.51. The summed E-state index contributed by atoms with van der Waals surface area (Å²) >= 11 is 0. The first kappa shape index (κ1) is 11.0. The maximum absolute atomic E-state index is 11.0. The van der Waals surface area contributed by atoms with Crippen LogP contribution in [-0.2, 0) is 19.1 Å². The number of esters is 1. The van der Waals surface area contributed by atoms with Crippen molar-refractivity contribution in [1.82, 2.24) is 5.32 Å². The molecule has 14 heavy (non-hydrogen) atoms. The molecule has 0 aromatic carbocycles. The lowest BCUT2D eigenvalue weighted by Gasteiger charge is -2.13. The van der Waals surface area contributed by atoms with Gasteiger partial charge in [-0.25, -0.2) is 4.79 Å². The van der Waals surface area contributed by atoms with Gasteiger partial charge in [-0.2, -0.15) is 0 Å². The molecule has 0 aromatic heterocycles. The first-order valence-electron chi connectivity index (χ1n) is 4.63. The maximum Gasteiger partial charge on any atom is 0.396 e. The first-order valence-corrected chi connectivity index (χ1v) is 4.63. The summed E-state index contributed by atoms with van der Waals surface area (Å²) < 4.78 is 9.59. The van der Waals surface area contributed by atoms with Crippen molar-refractivity contribution in [2.75, 3.05) is 20.3 Å². The summed E-state index contributed by atoms with van der Waals surface area (Å²) in [7, 11) is 1.18. The zero-order chi connectivity index (χ0) is 10.6. The smallest absolute Gasteiger partial charge is 0.396 e. The highest BCUT2D eigenvalue weighted by Crippen LogP contribution is 2.19. The second kappa shape index (κ2) is 4.95. The van der Waals surface area contributed by atoms with E-state index in [0.717, 1.165) is 13.0 Å². The first-order chi connectivity index (χ1) is 6.65. The molecule has 5 heteroatoms. The molecule has 0 radical (unpaired) electrons. The third-order valence-corrected chi connectivity index (χ3v) is 2.43. The van der Waals surface area contributed by atoms with E-state index in [-0.39, 0.29) is 6.10 Å². The minimum absolute atomic E-state index is 0.146. The number of nitrogens with one attached hydrogen (secondary N) is 1. The fourth-order valence-corrected chi connectivity index (χ4v) is 1.43. The van der Waals surface area contributed by atoms with E-state index in [9.17, 15) is 9.59 Å². The molecule has 0 bridgehead atoms. The second-order valence-corrected chi connectivity index (χ2v) is 3.33. The van der Waals surface area contributed by atoms with Gasteiger partial charge in [-0.1, -0.05) is 0 Å². The van der Waals surface area contributed by atoms with Crippen LogP contribution in [0.3, 0.4) is 0 Å². The molecule has 0 aliphatic carbocycles. The van der Waals surface area contributed by atoms with Crippen LogP contribution in [0.4, 0.5) is 0 Å². The van der Waals surface area contributed by atoms with Crippen molar-refractivity contribution in [1.29, 1.82) is 0 Å². The highest BCUT2D eigenvalue weighted by molar-refractivity contribution is 6.32. The van der Waals surface area contributed by atoms with Gasteiger partial charge in [0.1, 0.15) is 0 Å². The van der Waals surface area contributed by atoms with E-state index in [2.05, 4.69) is 10.1 Å². The molecular weight excluding hydrogens is 186 g/mol. The molecule has 2 atom stereocenters. The third-order valence-electron chi connectivity index (χ3n) is 2.43. The van der Waals surface area contributed by atoms with Crippen LogP contribution in [0.25, 0.3) is 0 Å². The van der Waals surface area contributed by atoms with Gasteiger partial charge >= 0.3 is 11.9 Å². The van der Waals surface area contributed by atoms with Gasteiger partial charge in [-0.15, -0.1) is 0 Å². The Kier molecular flexibility index (Phi) is 3.88. The van der Waals surface area contributed by atoms with Crippen LogP contribution < -0.4 is 5.32 Å². The monoisotopic (exact) mass is 201 g/mol. The largest absolute Gasteiger partial charge is 0.462 e. The zero-order valence-corrected chi connectivity index (χ0v) is 8.41. The van der Waals surface area contributed by atoms with Crippen LogP contribution in [0.15, 0.2) is 0 Å². The summed E-state index contributed by atoms with van der Waals surface area (Å²) in [5.74, 6) is -1.24. The lowest BCUT2D eigenvalue weighted by atomic mass is 10.0. The Morgan fingerprint density at radius 1 is 1.57 bits per heavy atom. The van der Waals surface area contributed by atoms with E-state index >= 15 is 0 Å². The fourth-order valence-electron chi connectivity index (χ4n) is 1.43. The molecule has 0 spiro atoms. The van der Waals surface area contributed by atoms with Gasteiger partial charge in [0.15, 0.2) is 0 Å². The molecule has 1 aliphatic rings. The molecule has 1 saturated heterocycles. The number of carbonyl (C=O) groups is 2. The molecule has 1 amide bonds. The number of hydrogen-bond donors (Lipinski definition) is 1. The summed E-state index contributed by atoms with van der Waals surface area (Å²) in [4.78, 5) is 21.7. The Bertz CT molecular complexity index is 229. The average molecular weight is 201 g/mol. The van der Waals surface area contributed by atoms with Crippen molar-refractivity contribution in [2.24, 2.45) is 5.92 Å². The van der Waals surface area contributed by atoms with E-state index in [4.69, 9.17) is 4.74 Å². The molecule has 1 fully saturated rings.